The third kappa shape index (κ3) is 5.13. The fraction of sp³-hybridized carbons (Fsp3) is 0.333. The molecule has 2 amide bonds. The van der Waals surface area contributed by atoms with Crippen LogP contribution < -0.4 is 4.90 Å². The fourth-order valence-corrected chi connectivity index (χ4v) is 4.49. The molecule has 0 spiro atoms. The van der Waals surface area contributed by atoms with Gasteiger partial charge in [-0.15, -0.1) is 21.5 Å². The highest BCUT2D eigenvalue weighted by atomic mass is 32.1. The number of anilines is 1. The van der Waals surface area contributed by atoms with Crippen molar-refractivity contribution in [3.05, 3.63) is 64.9 Å². The molecule has 0 radical (unpaired) electrons. The number of amides is 2. The minimum atomic E-state index is -0.0823. The van der Waals surface area contributed by atoms with Crippen molar-refractivity contribution in [2.45, 2.75) is 13.3 Å². The van der Waals surface area contributed by atoms with Crippen LogP contribution in [-0.4, -0.2) is 71.1 Å². The first-order valence-corrected chi connectivity index (χ1v) is 11.8. The van der Waals surface area contributed by atoms with Gasteiger partial charge in [0.1, 0.15) is 6.54 Å². The summed E-state index contributed by atoms with van der Waals surface area (Å²) >= 11 is 1.40. The summed E-state index contributed by atoms with van der Waals surface area (Å²) in [5.41, 5.74) is 1.88. The molecule has 0 bridgehead atoms. The molecule has 2 aromatic heterocycles. The summed E-state index contributed by atoms with van der Waals surface area (Å²) in [5.74, 6) is 0.729. The topological polar surface area (TPSA) is 69.6 Å². The molecule has 8 heteroatoms. The normalized spacial score (nSPS) is 14.2. The predicted octanol–water partition coefficient (Wildman–Crippen LogP) is 3.41. The lowest BCUT2D eigenvalue weighted by Crippen LogP contribution is -2.44. The van der Waals surface area contributed by atoms with Gasteiger partial charge < -0.3 is 14.7 Å². The monoisotopic (exact) mass is 449 g/mol. The second-order valence-corrected chi connectivity index (χ2v) is 8.61. The summed E-state index contributed by atoms with van der Waals surface area (Å²) in [6.07, 6.45) is 0.846. The van der Waals surface area contributed by atoms with Crippen molar-refractivity contribution in [3.63, 3.8) is 0 Å². The molecule has 0 unspecified atom stereocenters. The molecular weight excluding hydrogens is 422 g/mol. The van der Waals surface area contributed by atoms with Crippen LogP contribution in [0.15, 0.2) is 60.0 Å². The Bertz CT molecular complexity index is 1020. The Balaban J connectivity index is 1.35. The molecule has 0 atom stereocenters. The van der Waals surface area contributed by atoms with Crippen LogP contribution in [0.3, 0.4) is 0 Å². The number of rotatable bonds is 6. The average molecular weight is 450 g/mol. The number of carbonyl (C=O) groups is 2. The molecular formula is C24H27N5O2S. The van der Waals surface area contributed by atoms with Gasteiger partial charge in [0.15, 0.2) is 5.82 Å². The standard InChI is InChI=1S/C24H27N5O2S/c1-2-27(24(31)21-10-6-17-32-21)18-23(30)29-14-7-13-28(15-16-29)22-12-11-20(25-26-22)19-8-4-3-5-9-19/h3-6,8-12,17H,2,7,13-16,18H2,1H3. The SMILES string of the molecule is CCN(CC(=O)N1CCCN(c2ccc(-c3ccccc3)nn2)CC1)C(=O)c1cccs1. The van der Waals surface area contributed by atoms with Crippen molar-refractivity contribution in [2.24, 2.45) is 0 Å². The quantitative estimate of drug-likeness (QED) is 0.577. The molecule has 1 aliphatic rings. The van der Waals surface area contributed by atoms with Crippen LogP contribution in [0, 0.1) is 0 Å². The molecule has 7 nitrogen and oxygen atoms in total. The number of nitrogens with zero attached hydrogens (tertiary/aromatic N) is 5. The lowest BCUT2D eigenvalue weighted by atomic mass is 10.1. The van der Waals surface area contributed by atoms with E-state index in [4.69, 9.17) is 0 Å². The molecule has 32 heavy (non-hydrogen) atoms. The number of carbonyl (C=O) groups excluding carboxylic acids is 2. The second kappa shape index (κ2) is 10.4. The van der Waals surface area contributed by atoms with E-state index in [-0.39, 0.29) is 18.4 Å². The minimum Gasteiger partial charge on any atom is -0.353 e. The molecule has 0 saturated carbocycles. The zero-order chi connectivity index (χ0) is 22.3. The molecule has 166 valence electrons. The Morgan fingerprint density at radius 3 is 2.50 bits per heavy atom. The van der Waals surface area contributed by atoms with Crippen LogP contribution in [-0.2, 0) is 4.79 Å². The molecule has 1 fully saturated rings. The average Bonchev–Trinajstić information content (AvgIpc) is 3.27. The van der Waals surface area contributed by atoms with E-state index in [2.05, 4.69) is 15.1 Å². The number of thiophene rings is 1. The second-order valence-electron chi connectivity index (χ2n) is 7.66. The highest BCUT2D eigenvalue weighted by Crippen LogP contribution is 2.19. The maximum atomic E-state index is 12.9. The van der Waals surface area contributed by atoms with Gasteiger partial charge in [0.05, 0.1) is 10.6 Å². The van der Waals surface area contributed by atoms with E-state index in [1.54, 1.807) is 11.0 Å². The van der Waals surface area contributed by atoms with Gasteiger partial charge >= 0.3 is 0 Å². The summed E-state index contributed by atoms with van der Waals surface area (Å²) in [7, 11) is 0. The first kappa shape index (κ1) is 22.0. The molecule has 0 aliphatic carbocycles. The number of aromatic nitrogens is 2. The van der Waals surface area contributed by atoms with Gasteiger partial charge in [-0.3, -0.25) is 9.59 Å². The third-order valence-corrected chi connectivity index (χ3v) is 6.48. The van der Waals surface area contributed by atoms with Crippen LogP contribution in [0.5, 0.6) is 0 Å². The molecule has 1 saturated heterocycles. The summed E-state index contributed by atoms with van der Waals surface area (Å²) in [6, 6.07) is 17.6. The van der Waals surface area contributed by atoms with Crippen molar-refractivity contribution in [2.75, 3.05) is 44.2 Å². The smallest absolute Gasteiger partial charge is 0.264 e. The van der Waals surface area contributed by atoms with E-state index in [0.717, 1.165) is 30.0 Å². The molecule has 3 aromatic rings. The van der Waals surface area contributed by atoms with Crippen LogP contribution in [0.1, 0.15) is 23.0 Å². The Hall–Kier alpha value is -3.26. The number of hydrogen-bond acceptors (Lipinski definition) is 6. The lowest BCUT2D eigenvalue weighted by Gasteiger charge is -2.26. The first-order valence-electron chi connectivity index (χ1n) is 10.9. The van der Waals surface area contributed by atoms with E-state index in [0.29, 0.717) is 31.1 Å². The van der Waals surface area contributed by atoms with Crippen LogP contribution >= 0.6 is 11.3 Å². The zero-order valence-corrected chi connectivity index (χ0v) is 19.0. The lowest BCUT2D eigenvalue weighted by molar-refractivity contribution is -0.131. The van der Waals surface area contributed by atoms with E-state index >= 15 is 0 Å². The molecule has 4 rings (SSSR count). The van der Waals surface area contributed by atoms with Crippen molar-refractivity contribution in [1.82, 2.24) is 20.0 Å². The van der Waals surface area contributed by atoms with Gasteiger partial charge in [-0.2, -0.15) is 0 Å². The Kier molecular flexibility index (Phi) is 7.11. The van der Waals surface area contributed by atoms with Crippen molar-refractivity contribution < 1.29 is 9.59 Å². The molecule has 0 N–H and O–H groups in total. The first-order chi connectivity index (χ1) is 15.7. The third-order valence-electron chi connectivity index (χ3n) is 5.62. The zero-order valence-electron chi connectivity index (χ0n) is 18.2. The Labute approximate surface area is 192 Å². The molecule has 1 aliphatic heterocycles. The van der Waals surface area contributed by atoms with E-state index < -0.39 is 0 Å². The predicted molar refractivity (Wildman–Crippen MR) is 127 cm³/mol. The Morgan fingerprint density at radius 2 is 1.81 bits per heavy atom. The van der Waals surface area contributed by atoms with Gasteiger partial charge in [0, 0.05) is 38.3 Å². The number of hydrogen-bond donors (Lipinski definition) is 0. The summed E-state index contributed by atoms with van der Waals surface area (Å²) in [6.45, 7) is 5.30. The summed E-state index contributed by atoms with van der Waals surface area (Å²) < 4.78 is 0. The van der Waals surface area contributed by atoms with Gasteiger partial charge in [-0.25, -0.2) is 0 Å². The summed E-state index contributed by atoms with van der Waals surface area (Å²) in [5, 5.41) is 10.7. The van der Waals surface area contributed by atoms with Crippen LogP contribution in [0.25, 0.3) is 11.3 Å². The van der Waals surface area contributed by atoms with E-state index in [1.165, 1.54) is 11.3 Å². The van der Waals surface area contributed by atoms with Gasteiger partial charge in [0.2, 0.25) is 5.91 Å². The van der Waals surface area contributed by atoms with Crippen molar-refractivity contribution in [3.8, 4) is 11.3 Å². The van der Waals surface area contributed by atoms with Crippen molar-refractivity contribution >= 4 is 29.0 Å². The number of likely N-dealkylation sites (N-methyl/N-ethyl adjacent to an activating group) is 1. The van der Waals surface area contributed by atoms with E-state index in [1.807, 2.05) is 65.7 Å². The van der Waals surface area contributed by atoms with E-state index in [9.17, 15) is 9.59 Å². The van der Waals surface area contributed by atoms with Gasteiger partial charge in [-0.1, -0.05) is 36.4 Å². The molecule has 3 heterocycles. The minimum absolute atomic E-state index is 0.0101. The molecule has 1 aromatic carbocycles. The summed E-state index contributed by atoms with van der Waals surface area (Å²) in [4.78, 5) is 31.9. The van der Waals surface area contributed by atoms with Gasteiger partial charge in [0.25, 0.3) is 5.91 Å². The fourth-order valence-electron chi connectivity index (χ4n) is 3.80. The highest BCUT2D eigenvalue weighted by Gasteiger charge is 2.24. The Morgan fingerprint density at radius 1 is 0.969 bits per heavy atom. The maximum absolute atomic E-state index is 12.9. The van der Waals surface area contributed by atoms with Gasteiger partial charge in [-0.05, 0) is 36.9 Å². The highest BCUT2D eigenvalue weighted by molar-refractivity contribution is 7.12. The van der Waals surface area contributed by atoms with Crippen molar-refractivity contribution in [1.29, 1.82) is 0 Å². The number of benzene rings is 1. The largest absolute Gasteiger partial charge is 0.353 e. The maximum Gasteiger partial charge on any atom is 0.264 e. The van der Waals surface area contributed by atoms with Crippen LogP contribution in [0.2, 0.25) is 0 Å². The van der Waals surface area contributed by atoms with Crippen LogP contribution in [0.4, 0.5) is 5.82 Å².